The van der Waals surface area contributed by atoms with E-state index in [1.165, 1.54) is 37.4 Å². The number of hydrazone groups is 1. The number of rotatable bonds is 6. The van der Waals surface area contributed by atoms with Gasteiger partial charge in [0.1, 0.15) is 11.3 Å². The molecule has 3 rings (SSSR count). The van der Waals surface area contributed by atoms with Crippen LogP contribution in [0.15, 0.2) is 53.6 Å². The molecule has 1 saturated heterocycles. The number of halogens is 2. The fraction of sp³-hybridized carbons (Fsp3) is 0.250. The van der Waals surface area contributed by atoms with Gasteiger partial charge in [0.25, 0.3) is 5.91 Å². The van der Waals surface area contributed by atoms with Gasteiger partial charge < -0.3 is 15.0 Å². The first-order valence-electron chi connectivity index (χ1n) is 8.74. The Labute approximate surface area is 166 Å². The van der Waals surface area contributed by atoms with Gasteiger partial charge in [0.05, 0.1) is 6.21 Å². The Hall–Kier alpha value is -3.49. The maximum absolute atomic E-state index is 12.8. The van der Waals surface area contributed by atoms with Crippen LogP contribution in [-0.4, -0.2) is 43.9 Å². The Morgan fingerprint density at radius 2 is 1.72 bits per heavy atom. The molecule has 2 aromatic rings. The number of hydrogen-bond donors (Lipinski definition) is 1. The summed E-state index contributed by atoms with van der Waals surface area (Å²) in [6.45, 7) is -1.42. The molecule has 1 fully saturated rings. The average molecular weight is 402 g/mol. The van der Waals surface area contributed by atoms with Crippen LogP contribution in [0.3, 0.4) is 0 Å². The van der Waals surface area contributed by atoms with Crippen LogP contribution in [0.4, 0.5) is 19.3 Å². The van der Waals surface area contributed by atoms with Crippen molar-refractivity contribution >= 4 is 23.8 Å². The van der Waals surface area contributed by atoms with Gasteiger partial charge in [-0.3, -0.25) is 4.79 Å². The average Bonchev–Trinajstić information content (AvgIpc) is 2.90. The van der Waals surface area contributed by atoms with Gasteiger partial charge in [-0.1, -0.05) is 24.3 Å². The number of imide groups is 1. The molecule has 152 valence electrons. The van der Waals surface area contributed by atoms with Crippen LogP contribution in [0.1, 0.15) is 18.1 Å². The smallest absolute Gasteiger partial charge is 0.387 e. The predicted molar refractivity (Wildman–Crippen MR) is 104 cm³/mol. The highest BCUT2D eigenvalue weighted by Crippen LogP contribution is 2.30. The third kappa shape index (κ3) is 4.18. The van der Waals surface area contributed by atoms with E-state index >= 15 is 0 Å². The first kappa shape index (κ1) is 20.2. The van der Waals surface area contributed by atoms with Gasteiger partial charge in [0.2, 0.25) is 0 Å². The van der Waals surface area contributed by atoms with Gasteiger partial charge in [-0.15, -0.1) is 5.01 Å². The van der Waals surface area contributed by atoms with Gasteiger partial charge in [-0.05, 0) is 42.3 Å². The molecule has 2 aromatic carbocycles. The van der Waals surface area contributed by atoms with Crippen LogP contribution in [0.2, 0.25) is 0 Å². The van der Waals surface area contributed by atoms with Crippen LogP contribution >= 0.6 is 0 Å². The molecule has 7 nitrogen and oxygen atoms in total. The fourth-order valence-corrected chi connectivity index (χ4v) is 2.88. The number of nitrogens with zero attached hydrogens (tertiary/aromatic N) is 3. The van der Waals surface area contributed by atoms with E-state index in [1.807, 2.05) is 43.3 Å². The summed E-state index contributed by atoms with van der Waals surface area (Å²) in [5, 5.41) is 7.37. The van der Waals surface area contributed by atoms with Crippen LogP contribution in [0.25, 0.3) is 0 Å². The lowest BCUT2D eigenvalue weighted by molar-refractivity contribution is -0.131. The molecule has 0 aromatic heterocycles. The second kappa shape index (κ2) is 7.86. The summed E-state index contributed by atoms with van der Waals surface area (Å²) in [5.41, 5.74) is 0.778. The summed E-state index contributed by atoms with van der Waals surface area (Å²) >= 11 is 0. The molecule has 3 amide bonds. The molecule has 1 aliphatic heterocycles. The molecule has 0 saturated carbocycles. The van der Waals surface area contributed by atoms with E-state index in [1.54, 1.807) is 0 Å². The summed E-state index contributed by atoms with van der Waals surface area (Å²) in [7, 11) is 3.84. The Morgan fingerprint density at radius 1 is 1.10 bits per heavy atom. The molecule has 1 atom stereocenters. The Kier molecular flexibility index (Phi) is 5.49. The Morgan fingerprint density at radius 3 is 2.28 bits per heavy atom. The first-order chi connectivity index (χ1) is 13.7. The molecule has 1 N–H and O–H groups in total. The molecule has 29 heavy (non-hydrogen) atoms. The third-order valence-corrected chi connectivity index (χ3v) is 4.56. The summed E-state index contributed by atoms with van der Waals surface area (Å²) < 4.78 is 28.9. The minimum atomic E-state index is -2.94. The number of ether oxygens (including phenoxy) is 1. The SMILES string of the molecule is CN(C)c1ccc(/C=N\N2C(=O)N[C@](C)(c3ccc(OC(F)F)cc3)C2=O)cc1. The van der Waals surface area contributed by atoms with Gasteiger partial charge in [-0.25, -0.2) is 4.79 Å². The molecule has 0 bridgehead atoms. The van der Waals surface area contributed by atoms with Crippen LogP contribution in [0.5, 0.6) is 5.75 Å². The lowest BCUT2D eigenvalue weighted by atomic mass is 9.92. The summed E-state index contributed by atoms with van der Waals surface area (Å²) in [6.07, 6.45) is 1.42. The lowest BCUT2D eigenvalue weighted by Crippen LogP contribution is -2.40. The second-order valence-corrected chi connectivity index (χ2v) is 6.81. The number of carbonyl (C=O) groups excluding carboxylic acids is 2. The minimum Gasteiger partial charge on any atom is -0.435 e. The molecular weight excluding hydrogens is 382 g/mol. The molecule has 0 spiro atoms. The molecule has 1 aliphatic rings. The van der Waals surface area contributed by atoms with Gasteiger partial charge in [0.15, 0.2) is 0 Å². The van der Waals surface area contributed by atoms with Crippen molar-refractivity contribution in [3.05, 3.63) is 59.7 Å². The quantitative estimate of drug-likeness (QED) is 0.595. The van der Waals surface area contributed by atoms with Gasteiger partial charge in [-0.2, -0.15) is 13.9 Å². The highest BCUT2D eigenvalue weighted by Gasteiger charge is 2.49. The van der Waals surface area contributed by atoms with Gasteiger partial charge in [0, 0.05) is 19.8 Å². The number of hydrogen-bond acceptors (Lipinski definition) is 5. The number of amides is 3. The van der Waals surface area contributed by atoms with Crippen LogP contribution in [-0.2, 0) is 10.3 Å². The van der Waals surface area contributed by atoms with E-state index in [9.17, 15) is 18.4 Å². The predicted octanol–water partition coefficient (Wildman–Crippen LogP) is 3.16. The zero-order valence-electron chi connectivity index (χ0n) is 16.1. The number of anilines is 1. The minimum absolute atomic E-state index is 0.0415. The number of benzene rings is 2. The summed E-state index contributed by atoms with van der Waals surface area (Å²) in [5.74, 6) is -0.619. The largest absolute Gasteiger partial charge is 0.435 e. The standard InChI is InChI=1S/C20H20F2N4O3/c1-20(14-6-10-16(11-7-14)29-18(21)22)17(27)26(19(28)24-20)23-12-13-4-8-15(9-5-13)25(2)3/h4-12,18H,1-3H3,(H,24,28)/b23-12-/t20-/m1/s1. The van der Waals surface area contributed by atoms with Crippen molar-refractivity contribution in [1.29, 1.82) is 0 Å². The third-order valence-electron chi connectivity index (χ3n) is 4.56. The van der Waals surface area contributed by atoms with E-state index < -0.39 is 24.1 Å². The zero-order chi connectivity index (χ0) is 21.2. The van der Waals surface area contributed by atoms with Crippen LogP contribution < -0.4 is 15.0 Å². The van der Waals surface area contributed by atoms with Crippen molar-refractivity contribution in [2.45, 2.75) is 19.1 Å². The lowest BCUT2D eigenvalue weighted by Gasteiger charge is -2.21. The Balaban J connectivity index is 1.77. The summed E-state index contributed by atoms with van der Waals surface area (Å²) in [6, 6.07) is 12.3. The molecule has 0 radical (unpaired) electrons. The van der Waals surface area contributed by atoms with E-state index in [2.05, 4.69) is 15.2 Å². The molecule has 0 unspecified atom stereocenters. The number of carbonyl (C=O) groups is 2. The van der Waals surface area contributed by atoms with Crippen molar-refractivity contribution in [2.75, 3.05) is 19.0 Å². The van der Waals surface area contributed by atoms with E-state index in [0.717, 1.165) is 16.3 Å². The topological polar surface area (TPSA) is 74.2 Å². The van der Waals surface area contributed by atoms with Gasteiger partial charge >= 0.3 is 12.6 Å². The van der Waals surface area contributed by atoms with Crippen molar-refractivity contribution in [3.63, 3.8) is 0 Å². The molecule has 9 heteroatoms. The first-order valence-corrected chi connectivity index (χ1v) is 8.74. The number of urea groups is 1. The Bertz CT molecular complexity index is 930. The fourth-order valence-electron chi connectivity index (χ4n) is 2.88. The molecule has 0 aliphatic carbocycles. The van der Waals surface area contributed by atoms with Crippen molar-refractivity contribution in [2.24, 2.45) is 5.10 Å². The van der Waals surface area contributed by atoms with Crippen LogP contribution in [0, 0.1) is 0 Å². The monoisotopic (exact) mass is 402 g/mol. The van der Waals surface area contributed by atoms with E-state index in [4.69, 9.17) is 0 Å². The highest BCUT2D eigenvalue weighted by atomic mass is 19.3. The van der Waals surface area contributed by atoms with Crippen molar-refractivity contribution in [3.8, 4) is 5.75 Å². The van der Waals surface area contributed by atoms with Crippen molar-refractivity contribution < 1.29 is 23.1 Å². The normalized spacial score (nSPS) is 19.2. The van der Waals surface area contributed by atoms with Crippen molar-refractivity contribution in [1.82, 2.24) is 10.3 Å². The highest BCUT2D eigenvalue weighted by molar-refractivity contribution is 6.07. The number of alkyl halides is 2. The molecule has 1 heterocycles. The van der Waals surface area contributed by atoms with E-state index in [-0.39, 0.29) is 5.75 Å². The van der Waals surface area contributed by atoms with E-state index in [0.29, 0.717) is 5.56 Å². The maximum Gasteiger partial charge on any atom is 0.387 e. The molecular formula is C20H20F2N4O3. The summed E-state index contributed by atoms with van der Waals surface area (Å²) in [4.78, 5) is 27.1. The number of nitrogens with one attached hydrogen (secondary N) is 1. The maximum atomic E-state index is 12.8. The zero-order valence-corrected chi connectivity index (χ0v) is 16.1. The second-order valence-electron chi connectivity index (χ2n) is 6.81.